The summed E-state index contributed by atoms with van der Waals surface area (Å²) in [7, 11) is 0. The van der Waals surface area contributed by atoms with Crippen molar-refractivity contribution in [3.63, 3.8) is 0 Å². The van der Waals surface area contributed by atoms with Crippen molar-refractivity contribution in [3.8, 4) is 23.0 Å². The lowest BCUT2D eigenvalue weighted by Gasteiger charge is -2.12. The van der Waals surface area contributed by atoms with E-state index in [1.165, 1.54) is 24.3 Å². The number of benzene rings is 2. The van der Waals surface area contributed by atoms with E-state index in [2.05, 4.69) is 0 Å². The van der Waals surface area contributed by atoms with Crippen molar-refractivity contribution < 1.29 is 24.9 Å². The fourth-order valence-electron chi connectivity index (χ4n) is 1.60. The van der Waals surface area contributed by atoms with Crippen molar-refractivity contribution in [2.24, 2.45) is 0 Å². The minimum Gasteiger partial charge on any atom is -0.504 e. The van der Waals surface area contributed by atoms with Gasteiger partial charge in [-0.05, 0) is 24.3 Å². The van der Waals surface area contributed by atoms with Crippen LogP contribution in [0.3, 0.4) is 0 Å². The van der Waals surface area contributed by atoms with E-state index in [4.69, 9.17) is 39.5 Å². The molecule has 2 aromatic rings. The van der Waals surface area contributed by atoms with Crippen LogP contribution in [0.15, 0.2) is 36.4 Å². The molecule has 0 saturated carbocycles. The summed E-state index contributed by atoms with van der Waals surface area (Å²) in [5.41, 5.74) is 0.260. The Morgan fingerprint density at radius 2 is 1.45 bits per heavy atom. The Bertz CT molecular complexity index is 684. The van der Waals surface area contributed by atoms with Crippen molar-refractivity contribution in [2.45, 2.75) is 3.79 Å². The van der Waals surface area contributed by atoms with Gasteiger partial charge in [0.1, 0.15) is 5.75 Å². The molecular formula is C14H9Cl3O5. The van der Waals surface area contributed by atoms with Crippen LogP contribution in [0.25, 0.3) is 0 Å². The maximum absolute atomic E-state index is 11.9. The molecule has 2 rings (SSSR count). The highest BCUT2D eigenvalue weighted by molar-refractivity contribution is 6.66. The summed E-state index contributed by atoms with van der Waals surface area (Å²) >= 11 is 17.1. The number of alkyl halides is 3. The highest BCUT2D eigenvalue weighted by Gasteiger charge is 2.22. The lowest BCUT2D eigenvalue weighted by atomic mass is 10.2. The molecule has 8 heteroatoms. The zero-order valence-electron chi connectivity index (χ0n) is 10.8. The Hall–Kier alpha value is -1.82. The van der Waals surface area contributed by atoms with Crippen LogP contribution in [0.4, 0.5) is 0 Å². The van der Waals surface area contributed by atoms with Gasteiger partial charge in [-0.2, -0.15) is 0 Å². The predicted octanol–water partition coefficient (Wildman–Crippen LogP) is 3.85. The number of carbonyl (C=O) groups is 1. The second-order valence-corrected chi connectivity index (χ2v) is 6.56. The second-order valence-electron chi connectivity index (χ2n) is 4.27. The van der Waals surface area contributed by atoms with Gasteiger partial charge in [0.25, 0.3) is 0 Å². The van der Waals surface area contributed by atoms with Crippen LogP contribution in [0.1, 0.15) is 15.9 Å². The zero-order chi connectivity index (χ0) is 16.5. The third kappa shape index (κ3) is 3.68. The predicted molar refractivity (Wildman–Crippen MR) is 82.1 cm³/mol. The third-order valence-corrected chi connectivity index (χ3v) is 3.35. The number of ether oxygens (including phenoxy) is 1. The topological polar surface area (TPSA) is 87.0 Å². The fourth-order valence-corrected chi connectivity index (χ4v) is 1.98. The smallest absolute Gasteiger partial charge is 0.343 e. The molecule has 0 unspecified atom stereocenters. The quantitative estimate of drug-likeness (QED) is 0.326. The summed E-state index contributed by atoms with van der Waals surface area (Å²) in [6.07, 6.45) is 0. The van der Waals surface area contributed by atoms with E-state index in [9.17, 15) is 20.1 Å². The van der Waals surface area contributed by atoms with E-state index in [1.54, 1.807) is 0 Å². The molecule has 0 spiro atoms. The Morgan fingerprint density at radius 3 is 1.91 bits per heavy atom. The normalized spacial score (nSPS) is 11.2. The number of phenolic OH excluding ortho intramolecular Hbond substituents is 3. The van der Waals surface area contributed by atoms with Gasteiger partial charge in [0.15, 0.2) is 17.2 Å². The first-order chi connectivity index (χ1) is 10.2. The Morgan fingerprint density at radius 1 is 0.955 bits per heavy atom. The van der Waals surface area contributed by atoms with Crippen LogP contribution in [0, 0.1) is 0 Å². The second kappa shape index (κ2) is 6.12. The molecule has 0 bridgehead atoms. The van der Waals surface area contributed by atoms with Gasteiger partial charge in [-0.1, -0.05) is 46.9 Å². The van der Waals surface area contributed by atoms with Crippen molar-refractivity contribution in [2.75, 3.05) is 0 Å². The average molecular weight is 364 g/mol. The molecule has 0 fully saturated rings. The Kier molecular flexibility index (Phi) is 4.60. The highest BCUT2D eigenvalue weighted by Crippen LogP contribution is 2.39. The van der Waals surface area contributed by atoms with E-state index in [0.717, 1.165) is 12.1 Å². The number of carbonyl (C=O) groups excluding carboxylic acids is 1. The van der Waals surface area contributed by atoms with Crippen molar-refractivity contribution in [1.82, 2.24) is 0 Å². The molecule has 0 aliphatic heterocycles. The van der Waals surface area contributed by atoms with E-state index < -0.39 is 27.0 Å². The average Bonchev–Trinajstić information content (AvgIpc) is 2.43. The summed E-state index contributed by atoms with van der Waals surface area (Å²) in [6.45, 7) is 0. The minimum atomic E-state index is -1.59. The van der Waals surface area contributed by atoms with Crippen molar-refractivity contribution in [1.29, 1.82) is 0 Å². The van der Waals surface area contributed by atoms with Crippen molar-refractivity contribution >= 4 is 40.8 Å². The maximum Gasteiger partial charge on any atom is 0.343 e. The summed E-state index contributed by atoms with van der Waals surface area (Å²) in [6, 6.07) is 7.73. The van der Waals surface area contributed by atoms with E-state index >= 15 is 0 Å². The lowest BCUT2D eigenvalue weighted by molar-refractivity contribution is 0.0733. The molecule has 0 aromatic heterocycles. The standard InChI is InChI=1S/C14H9Cl3O5/c15-14(16,17)8-1-3-9(4-2-8)22-13(21)7-5-10(18)12(20)11(19)6-7/h1-6,18-20H. The summed E-state index contributed by atoms with van der Waals surface area (Å²) in [4.78, 5) is 11.9. The first-order valence-corrected chi connectivity index (χ1v) is 6.96. The summed E-state index contributed by atoms with van der Waals surface area (Å²) in [5.74, 6) is -2.66. The number of esters is 1. The number of halogens is 3. The van der Waals surface area contributed by atoms with Crippen LogP contribution in [-0.2, 0) is 3.79 Å². The van der Waals surface area contributed by atoms with E-state index in [1.807, 2.05) is 0 Å². The molecule has 22 heavy (non-hydrogen) atoms. The summed E-state index contributed by atoms with van der Waals surface area (Å²) in [5, 5.41) is 27.9. The van der Waals surface area contributed by atoms with Gasteiger partial charge >= 0.3 is 5.97 Å². The number of rotatable bonds is 2. The van der Waals surface area contributed by atoms with Crippen LogP contribution in [-0.4, -0.2) is 21.3 Å². The molecule has 5 nitrogen and oxygen atoms in total. The molecule has 116 valence electrons. The van der Waals surface area contributed by atoms with Crippen LogP contribution >= 0.6 is 34.8 Å². The molecule has 2 aromatic carbocycles. The van der Waals surface area contributed by atoms with Crippen LogP contribution in [0.2, 0.25) is 0 Å². The molecule has 0 aliphatic carbocycles. The van der Waals surface area contributed by atoms with Gasteiger partial charge in [0.05, 0.1) is 5.56 Å². The Balaban J connectivity index is 2.19. The summed E-state index contributed by atoms with van der Waals surface area (Å²) < 4.78 is 3.46. The van der Waals surface area contributed by atoms with E-state index in [-0.39, 0.29) is 11.3 Å². The minimum absolute atomic E-state index is 0.141. The van der Waals surface area contributed by atoms with Crippen LogP contribution < -0.4 is 4.74 Å². The van der Waals surface area contributed by atoms with Gasteiger partial charge in [-0.15, -0.1) is 0 Å². The largest absolute Gasteiger partial charge is 0.504 e. The van der Waals surface area contributed by atoms with Crippen LogP contribution in [0.5, 0.6) is 23.0 Å². The first kappa shape index (κ1) is 16.5. The van der Waals surface area contributed by atoms with Gasteiger partial charge < -0.3 is 20.1 Å². The monoisotopic (exact) mass is 362 g/mol. The van der Waals surface area contributed by atoms with Gasteiger partial charge in [-0.25, -0.2) is 4.79 Å². The molecule has 0 amide bonds. The van der Waals surface area contributed by atoms with Crippen molar-refractivity contribution in [3.05, 3.63) is 47.5 Å². The van der Waals surface area contributed by atoms with Gasteiger partial charge in [0.2, 0.25) is 3.79 Å². The lowest BCUT2D eigenvalue weighted by Crippen LogP contribution is -2.08. The zero-order valence-corrected chi connectivity index (χ0v) is 13.0. The highest BCUT2D eigenvalue weighted by atomic mass is 35.6. The molecular weight excluding hydrogens is 355 g/mol. The number of phenols is 3. The number of aromatic hydroxyl groups is 3. The molecule has 0 aliphatic rings. The first-order valence-electron chi connectivity index (χ1n) is 5.83. The van der Waals surface area contributed by atoms with Gasteiger partial charge in [-0.3, -0.25) is 0 Å². The molecule has 0 radical (unpaired) electrons. The Labute approximate surface area is 140 Å². The maximum atomic E-state index is 11.9. The number of hydrogen-bond donors (Lipinski definition) is 3. The van der Waals surface area contributed by atoms with Gasteiger partial charge in [0, 0.05) is 5.56 Å². The number of hydrogen-bond acceptors (Lipinski definition) is 5. The molecule has 3 N–H and O–H groups in total. The third-order valence-electron chi connectivity index (χ3n) is 2.70. The SMILES string of the molecule is O=C(Oc1ccc(C(Cl)(Cl)Cl)cc1)c1cc(O)c(O)c(O)c1. The fraction of sp³-hybridized carbons (Fsp3) is 0.0714. The molecule has 0 atom stereocenters. The molecule has 0 heterocycles. The molecule has 0 saturated heterocycles. The van der Waals surface area contributed by atoms with E-state index in [0.29, 0.717) is 5.56 Å².